The summed E-state index contributed by atoms with van der Waals surface area (Å²) in [5.41, 5.74) is 0.567. The van der Waals surface area contributed by atoms with Crippen LogP contribution in [-0.2, 0) is 9.84 Å². The van der Waals surface area contributed by atoms with Crippen LogP contribution in [0.25, 0.3) is 0 Å². The summed E-state index contributed by atoms with van der Waals surface area (Å²) in [7, 11) is -3.42. The largest absolute Gasteiger partial charge is 0.386 e. The monoisotopic (exact) mass is 384 g/mol. The predicted octanol–water partition coefficient (Wildman–Crippen LogP) is 3.03. The molecule has 1 aromatic carbocycles. The molecule has 0 unspecified atom stereocenters. The van der Waals surface area contributed by atoms with Gasteiger partial charge in [-0.2, -0.15) is 0 Å². The van der Waals surface area contributed by atoms with Crippen molar-refractivity contribution in [1.29, 1.82) is 0 Å². The van der Waals surface area contributed by atoms with Gasteiger partial charge in [-0.3, -0.25) is 0 Å². The Bertz CT molecular complexity index is 484. The third-order valence-electron chi connectivity index (χ3n) is 2.69. The van der Waals surface area contributed by atoms with E-state index in [1.165, 1.54) is 0 Å². The molecular weight excluding hydrogens is 372 g/mol. The molecule has 0 aromatic heterocycles. The fourth-order valence-corrected chi connectivity index (χ4v) is 3.15. The Kier molecular flexibility index (Phi) is 4.80. The maximum Gasteiger partial charge on any atom is 0.166 e. The van der Waals surface area contributed by atoms with Crippen LogP contribution in [0.2, 0.25) is 0 Å². The van der Waals surface area contributed by atoms with E-state index in [0.717, 1.165) is 10.7 Å². The lowest BCUT2D eigenvalue weighted by Gasteiger charge is -2.29. The quantitative estimate of drug-likeness (QED) is 0.810. The van der Waals surface area contributed by atoms with E-state index in [-0.39, 0.29) is 6.42 Å². The van der Waals surface area contributed by atoms with Gasteiger partial charge in [0.2, 0.25) is 0 Å². The Balaban J connectivity index is 3.19. The first-order chi connectivity index (χ1) is 7.72. The zero-order chi connectivity index (χ0) is 13.3. The summed E-state index contributed by atoms with van der Waals surface area (Å²) in [5, 5.41) is 10.2. The van der Waals surface area contributed by atoms with Crippen LogP contribution in [-0.4, -0.2) is 23.4 Å². The number of sulfone groups is 1. The first-order valence-corrected chi connectivity index (χ1v) is 8.52. The van der Waals surface area contributed by atoms with E-state index in [1.807, 2.05) is 0 Å². The topological polar surface area (TPSA) is 54.4 Å². The van der Waals surface area contributed by atoms with Crippen LogP contribution in [0.15, 0.2) is 28.7 Å². The van der Waals surface area contributed by atoms with Gasteiger partial charge in [0.15, 0.2) is 13.5 Å². The van der Waals surface area contributed by atoms with Crippen molar-refractivity contribution < 1.29 is 13.5 Å². The highest BCUT2D eigenvalue weighted by Crippen LogP contribution is 2.41. The summed E-state index contributed by atoms with van der Waals surface area (Å²) in [6, 6.07) is 6.94. The molecule has 0 aliphatic heterocycles. The molecule has 0 radical (unpaired) electrons. The van der Waals surface area contributed by atoms with E-state index in [0.29, 0.717) is 5.56 Å². The molecule has 1 rings (SSSR count). The Morgan fingerprint density at radius 3 is 2.18 bits per heavy atom. The number of rotatable bonds is 4. The van der Waals surface area contributed by atoms with E-state index >= 15 is 0 Å². The summed E-state index contributed by atoms with van der Waals surface area (Å²) in [5.74, 6) is 0. The zero-order valence-electron chi connectivity index (χ0n) is 9.52. The van der Waals surface area contributed by atoms with Gasteiger partial charge in [-0.25, -0.2) is 8.42 Å². The SMILES string of the molecule is CC[C@](Br)([C@@H](O)c1ccc(Br)cc1)S(C)(=O)=O. The van der Waals surface area contributed by atoms with Crippen molar-refractivity contribution in [3.63, 3.8) is 0 Å². The molecule has 0 amide bonds. The molecule has 0 bridgehead atoms. The normalized spacial score (nSPS) is 17.5. The van der Waals surface area contributed by atoms with Gasteiger partial charge in [0.1, 0.15) is 6.10 Å². The zero-order valence-corrected chi connectivity index (χ0v) is 13.5. The maximum atomic E-state index is 11.7. The van der Waals surface area contributed by atoms with Gasteiger partial charge in [0.25, 0.3) is 0 Å². The second-order valence-electron chi connectivity index (χ2n) is 3.87. The van der Waals surface area contributed by atoms with Gasteiger partial charge in [0.05, 0.1) is 0 Å². The summed E-state index contributed by atoms with van der Waals surface area (Å²) in [6.45, 7) is 1.72. The van der Waals surface area contributed by atoms with Gasteiger partial charge in [0, 0.05) is 10.7 Å². The van der Waals surface area contributed by atoms with Gasteiger partial charge >= 0.3 is 0 Å². The molecule has 17 heavy (non-hydrogen) atoms. The van der Waals surface area contributed by atoms with E-state index < -0.39 is 19.6 Å². The van der Waals surface area contributed by atoms with Gasteiger partial charge < -0.3 is 5.11 Å². The van der Waals surface area contributed by atoms with E-state index in [9.17, 15) is 13.5 Å². The third-order valence-corrected chi connectivity index (χ3v) is 7.72. The van der Waals surface area contributed by atoms with Crippen LogP contribution in [0.3, 0.4) is 0 Å². The van der Waals surface area contributed by atoms with Gasteiger partial charge in [-0.05, 0) is 24.1 Å². The molecular formula is C11H14Br2O3S. The van der Waals surface area contributed by atoms with Gasteiger partial charge in [-0.15, -0.1) is 0 Å². The second kappa shape index (κ2) is 5.38. The molecule has 6 heteroatoms. The Morgan fingerprint density at radius 2 is 1.82 bits per heavy atom. The number of alkyl halides is 1. The van der Waals surface area contributed by atoms with Crippen LogP contribution in [0.1, 0.15) is 25.0 Å². The Labute approximate surface area is 118 Å². The van der Waals surface area contributed by atoms with Crippen molar-refractivity contribution in [2.24, 2.45) is 0 Å². The fraction of sp³-hybridized carbons (Fsp3) is 0.455. The van der Waals surface area contributed by atoms with E-state index in [2.05, 4.69) is 31.9 Å². The van der Waals surface area contributed by atoms with Gasteiger partial charge in [-0.1, -0.05) is 50.9 Å². The standard InChI is InChI=1S/C11H14Br2O3S/c1-3-11(13,17(2,15)16)10(14)8-4-6-9(12)7-5-8/h4-7,10,14H,3H2,1-2H3/t10-,11+/m0/s1. The number of hydrogen-bond acceptors (Lipinski definition) is 3. The molecule has 0 saturated heterocycles. The number of benzene rings is 1. The molecule has 96 valence electrons. The van der Waals surface area contributed by atoms with Crippen molar-refractivity contribution >= 4 is 41.7 Å². The van der Waals surface area contributed by atoms with Crippen LogP contribution in [0.5, 0.6) is 0 Å². The molecule has 0 saturated carbocycles. The number of aliphatic hydroxyl groups is 1. The second-order valence-corrected chi connectivity index (χ2v) is 8.99. The highest BCUT2D eigenvalue weighted by molar-refractivity contribution is 9.11. The fourth-order valence-electron chi connectivity index (χ4n) is 1.55. The first kappa shape index (κ1) is 15.1. The minimum Gasteiger partial charge on any atom is -0.386 e. The molecule has 1 N–H and O–H groups in total. The van der Waals surface area contributed by atoms with Crippen LogP contribution < -0.4 is 0 Å². The molecule has 0 aliphatic rings. The minimum atomic E-state index is -3.42. The lowest BCUT2D eigenvalue weighted by molar-refractivity contribution is 0.160. The van der Waals surface area contributed by atoms with Crippen molar-refractivity contribution in [2.75, 3.05) is 6.26 Å². The number of halogens is 2. The lowest BCUT2D eigenvalue weighted by Crippen LogP contribution is -2.37. The average molecular weight is 386 g/mol. The highest BCUT2D eigenvalue weighted by Gasteiger charge is 2.44. The smallest absolute Gasteiger partial charge is 0.166 e. The first-order valence-electron chi connectivity index (χ1n) is 5.04. The van der Waals surface area contributed by atoms with Crippen molar-refractivity contribution in [2.45, 2.75) is 23.1 Å². The lowest BCUT2D eigenvalue weighted by atomic mass is 10.1. The summed E-state index contributed by atoms with van der Waals surface area (Å²) in [4.78, 5) is 0. The summed E-state index contributed by atoms with van der Waals surface area (Å²) < 4.78 is 23.0. The van der Waals surface area contributed by atoms with Crippen LogP contribution in [0, 0.1) is 0 Å². The molecule has 0 aliphatic carbocycles. The van der Waals surface area contributed by atoms with Crippen molar-refractivity contribution in [3.8, 4) is 0 Å². The minimum absolute atomic E-state index is 0.281. The summed E-state index contributed by atoms with van der Waals surface area (Å²) >= 11 is 6.47. The molecule has 0 heterocycles. The Hall–Kier alpha value is 0.0900. The molecule has 2 atom stereocenters. The van der Waals surface area contributed by atoms with Crippen molar-refractivity contribution in [3.05, 3.63) is 34.3 Å². The van der Waals surface area contributed by atoms with Crippen LogP contribution >= 0.6 is 31.9 Å². The maximum absolute atomic E-state index is 11.7. The number of hydrogen-bond donors (Lipinski definition) is 1. The predicted molar refractivity (Wildman–Crippen MR) is 75.9 cm³/mol. The summed E-state index contributed by atoms with van der Waals surface area (Å²) in [6.07, 6.45) is 0.298. The molecule has 0 fully saturated rings. The number of aliphatic hydroxyl groups excluding tert-OH is 1. The van der Waals surface area contributed by atoms with Crippen LogP contribution in [0.4, 0.5) is 0 Å². The average Bonchev–Trinajstić information content (AvgIpc) is 2.26. The molecule has 0 spiro atoms. The third kappa shape index (κ3) is 3.10. The van der Waals surface area contributed by atoms with Crippen molar-refractivity contribution in [1.82, 2.24) is 0 Å². The molecule has 3 nitrogen and oxygen atoms in total. The highest BCUT2D eigenvalue weighted by atomic mass is 79.9. The van der Waals surface area contributed by atoms with E-state index in [1.54, 1.807) is 31.2 Å². The van der Waals surface area contributed by atoms with E-state index in [4.69, 9.17) is 0 Å². The molecule has 1 aromatic rings. The Morgan fingerprint density at radius 1 is 1.35 bits per heavy atom.